The van der Waals surface area contributed by atoms with E-state index in [2.05, 4.69) is 106 Å². The second-order valence-corrected chi connectivity index (χ2v) is 8.56. The van der Waals surface area contributed by atoms with Crippen LogP contribution in [0.1, 0.15) is 35.1 Å². The average molecular weight is 456 g/mol. The van der Waals surface area contributed by atoms with Gasteiger partial charge in [-0.2, -0.15) is 0 Å². The molecule has 1 heterocycles. The van der Waals surface area contributed by atoms with Crippen LogP contribution in [0, 0.1) is 0 Å². The first-order valence-corrected chi connectivity index (χ1v) is 11.1. The van der Waals surface area contributed by atoms with Gasteiger partial charge in [-0.15, -0.1) is 0 Å². The van der Waals surface area contributed by atoms with Crippen LogP contribution >= 0.6 is 15.9 Å². The number of rotatable bonds is 4. The Morgan fingerprint density at radius 1 is 1.00 bits per heavy atom. The molecular formula is C26H22BrN3. The molecule has 0 aliphatic heterocycles. The molecule has 0 spiro atoms. The van der Waals surface area contributed by atoms with Crippen molar-refractivity contribution in [3.8, 4) is 11.3 Å². The Hall–Kier alpha value is -2.98. The molecule has 3 aromatic carbocycles. The predicted octanol–water partition coefficient (Wildman–Crippen LogP) is 6.90. The Morgan fingerprint density at radius 2 is 1.83 bits per heavy atom. The molecule has 0 fully saturated rings. The van der Waals surface area contributed by atoms with E-state index < -0.39 is 0 Å². The molecule has 1 aromatic heterocycles. The van der Waals surface area contributed by atoms with Gasteiger partial charge < -0.3 is 5.32 Å². The van der Waals surface area contributed by atoms with Crippen molar-refractivity contribution >= 4 is 27.6 Å². The highest BCUT2D eigenvalue weighted by Gasteiger charge is 2.27. The molecule has 148 valence electrons. The maximum Gasteiger partial charge on any atom is 0.227 e. The van der Waals surface area contributed by atoms with Crippen molar-refractivity contribution < 1.29 is 0 Å². The second kappa shape index (κ2) is 8.04. The molecular weight excluding hydrogens is 434 g/mol. The second-order valence-electron chi connectivity index (χ2n) is 7.64. The Kier molecular flexibility index (Phi) is 5.09. The van der Waals surface area contributed by atoms with Crippen molar-refractivity contribution in [2.45, 2.75) is 25.7 Å². The molecule has 30 heavy (non-hydrogen) atoms. The summed E-state index contributed by atoms with van der Waals surface area (Å²) in [7, 11) is 0. The van der Waals surface area contributed by atoms with Gasteiger partial charge in [0, 0.05) is 27.8 Å². The molecule has 0 radical (unpaired) electrons. The zero-order chi connectivity index (χ0) is 20.5. The van der Waals surface area contributed by atoms with Crippen molar-refractivity contribution in [1.29, 1.82) is 0 Å². The summed E-state index contributed by atoms with van der Waals surface area (Å²) in [5.41, 5.74) is 8.35. The summed E-state index contributed by atoms with van der Waals surface area (Å²) >= 11 is 3.62. The number of hydrogen-bond acceptors (Lipinski definition) is 3. The van der Waals surface area contributed by atoms with E-state index in [-0.39, 0.29) is 0 Å². The molecule has 0 saturated carbocycles. The summed E-state index contributed by atoms with van der Waals surface area (Å²) in [6, 6.07) is 25.6. The summed E-state index contributed by atoms with van der Waals surface area (Å²) in [6.45, 7) is 2.16. The van der Waals surface area contributed by atoms with Gasteiger partial charge in [0.05, 0.1) is 5.69 Å². The van der Waals surface area contributed by atoms with Crippen LogP contribution in [0.15, 0.2) is 83.5 Å². The number of nitrogens with one attached hydrogen (secondary N) is 1. The molecule has 4 heteroatoms. The van der Waals surface area contributed by atoms with Gasteiger partial charge in [0.2, 0.25) is 5.95 Å². The largest absolute Gasteiger partial charge is 0.324 e. The zero-order valence-electron chi connectivity index (χ0n) is 16.8. The molecule has 1 aliphatic carbocycles. The van der Waals surface area contributed by atoms with Gasteiger partial charge in [-0.05, 0) is 59.4 Å². The van der Waals surface area contributed by atoms with Crippen molar-refractivity contribution in [3.63, 3.8) is 0 Å². The highest BCUT2D eigenvalue weighted by molar-refractivity contribution is 9.10. The molecule has 0 bridgehead atoms. The van der Waals surface area contributed by atoms with Crippen LogP contribution in [0.5, 0.6) is 0 Å². The fourth-order valence-electron chi connectivity index (χ4n) is 4.17. The molecule has 5 rings (SSSR count). The van der Waals surface area contributed by atoms with Crippen LogP contribution < -0.4 is 5.32 Å². The van der Waals surface area contributed by atoms with E-state index in [9.17, 15) is 0 Å². The van der Waals surface area contributed by atoms with Crippen molar-refractivity contribution in [2.75, 3.05) is 5.32 Å². The van der Waals surface area contributed by atoms with Crippen LogP contribution in [0.2, 0.25) is 0 Å². The van der Waals surface area contributed by atoms with E-state index in [1.54, 1.807) is 0 Å². The lowest BCUT2D eigenvalue weighted by Crippen LogP contribution is -2.15. The topological polar surface area (TPSA) is 37.8 Å². The van der Waals surface area contributed by atoms with Gasteiger partial charge >= 0.3 is 0 Å². The fraction of sp³-hybridized carbons (Fsp3) is 0.154. The number of aryl methyl sites for hydroxylation is 1. The van der Waals surface area contributed by atoms with E-state index in [0.29, 0.717) is 11.9 Å². The van der Waals surface area contributed by atoms with E-state index in [1.165, 1.54) is 27.8 Å². The molecule has 4 aromatic rings. The quantitative estimate of drug-likeness (QED) is 0.363. The molecule has 0 amide bonds. The molecule has 1 aliphatic rings. The zero-order valence-corrected chi connectivity index (χ0v) is 18.4. The van der Waals surface area contributed by atoms with Crippen molar-refractivity contribution in [1.82, 2.24) is 9.97 Å². The summed E-state index contributed by atoms with van der Waals surface area (Å²) in [5.74, 6) is 0.934. The third-order valence-electron chi connectivity index (χ3n) is 5.75. The highest BCUT2D eigenvalue weighted by Crippen LogP contribution is 2.42. The number of hydrogen-bond donors (Lipinski definition) is 1. The summed E-state index contributed by atoms with van der Waals surface area (Å²) in [5, 5.41) is 3.36. The van der Waals surface area contributed by atoms with Gasteiger partial charge in [0.15, 0.2) is 0 Å². The van der Waals surface area contributed by atoms with E-state index in [0.717, 1.165) is 28.7 Å². The lowest BCUT2D eigenvalue weighted by molar-refractivity contribution is 0.782. The van der Waals surface area contributed by atoms with E-state index in [1.807, 2.05) is 6.20 Å². The van der Waals surface area contributed by atoms with Crippen molar-refractivity contribution in [2.24, 2.45) is 0 Å². The highest BCUT2D eigenvalue weighted by atomic mass is 79.9. The minimum Gasteiger partial charge on any atom is -0.324 e. The standard InChI is InChI=1S/C26H22BrN3/c1-2-17-10-12-21(13-11-17)29-26-28-16-19-15-24(18-6-5-7-20(27)14-18)22-8-3-4-9-23(22)25(19)30-26/h3-14,16,24H,2,15H2,1H3,(H,28,29,30). The Balaban J connectivity index is 1.52. The monoisotopic (exact) mass is 455 g/mol. The van der Waals surface area contributed by atoms with Crippen LogP contribution in [0.4, 0.5) is 11.6 Å². The molecule has 1 N–H and O–H groups in total. The normalized spacial score (nSPS) is 14.7. The van der Waals surface area contributed by atoms with E-state index in [4.69, 9.17) is 4.98 Å². The molecule has 1 atom stereocenters. The predicted molar refractivity (Wildman–Crippen MR) is 126 cm³/mol. The number of aromatic nitrogens is 2. The minimum absolute atomic E-state index is 0.301. The van der Waals surface area contributed by atoms with Crippen molar-refractivity contribution in [3.05, 3.63) is 106 Å². The lowest BCUT2D eigenvalue weighted by atomic mass is 9.78. The Morgan fingerprint density at radius 3 is 2.63 bits per heavy atom. The van der Waals surface area contributed by atoms with Gasteiger partial charge in [-0.3, -0.25) is 0 Å². The number of benzene rings is 3. The number of nitrogens with zero attached hydrogens (tertiary/aromatic N) is 2. The molecule has 0 saturated heterocycles. The summed E-state index contributed by atoms with van der Waals surface area (Å²) in [4.78, 5) is 9.52. The van der Waals surface area contributed by atoms with Gasteiger partial charge in [-0.25, -0.2) is 9.97 Å². The van der Waals surface area contributed by atoms with Crippen LogP contribution in [-0.2, 0) is 12.8 Å². The Bertz CT molecular complexity index is 1200. The maximum absolute atomic E-state index is 4.91. The first kappa shape index (κ1) is 19.0. The van der Waals surface area contributed by atoms with Gasteiger partial charge in [-0.1, -0.05) is 71.4 Å². The minimum atomic E-state index is 0.301. The van der Waals surface area contributed by atoms with Gasteiger partial charge in [0.25, 0.3) is 0 Å². The van der Waals surface area contributed by atoms with Crippen LogP contribution in [0.3, 0.4) is 0 Å². The first-order valence-electron chi connectivity index (χ1n) is 10.3. The summed E-state index contributed by atoms with van der Waals surface area (Å²) in [6.07, 6.45) is 3.91. The van der Waals surface area contributed by atoms with Gasteiger partial charge in [0.1, 0.15) is 0 Å². The number of fused-ring (bicyclic) bond motifs is 3. The molecule has 3 nitrogen and oxygen atoms in total. The average Bonchev–Trinajstić information content (AvgIpc) is 2.79. The number of anilines is 2. The maximum atomic E-state index is 4.91. The lowest BCUT2D eigenvalue weighted by Gasteiger charge is -2.27. The Labute approximate surface area is 185 Å². The third-order valence-corrected chi connectivity index (χ3v) is 6.24. The first-order chi connectivity index (χ1) is 14.7. The van der Waals surface area contributed by atoms with Crippen LogP contribution in [0.25, 0.3) is 11.3 Å². The van der Waals surface area contributed by atoms with E-state index >= 15 is 0 Å². The SMILES string of the molecule is CCc1ccc(Nc2ncc3c(n2)-c2ccccc2C(c2cccc(Br)c2)C3)cc1. The third kappa shape index (κ3) is 3.63. The van der Waals surface area contributed by atoms with Crippen LogP contribution in [-0.4, -0.2) is 9.97 Å². The summed E-state index contributed by atoms with van der Waals surface area (Å²) < 4.78 is 1.10. The fourth-order valence-corrected chi connectivity index (χ4v) is 4.59. The number of halogens is 1. The smallest absolute Gasteiger partial charge is 0.227 e. The molecule has 1 unspecified atom stereocenters.